The van der Waals surface area contributed by atoms with Crippen molar-refractivity contribution in [2.24, 2.45) is 0 Å². The van der Waals surface area contributed by atoms with E-state index in [1.54, 1.807) is 0 Å². The minimum Gasteiger partial charge on any atom is -0.479 e. The van der Waals surface area contributed by atoms with Gasteiger partial charge in [-0.3, -0.25) is 0 Å². The van der Waals surface area contributed by atoms with E-state index in [-0.39, 0.29) is 24.5 Å². The smallest absolute Gasteiger partial charge is 0.332 e. The summed E-state index contributed by atoms with van der Waals surface area (Å²) in [6.07, 6.45) is -0.503. The highest BCUT2D eigenvalue weighted by Crippen LogP contribution is 2.11. The molecular formula is C10H18N2O6S. The summed E-state index contributed by atoms with van der Waals surface area (Å²) in [5.41, 5.74) is 0. The number of carbonyl (C=O) groups excluding carboxylic acids is 1. The molecule has 8 nitrogen and oxygen atoms in total. The number of amides is 2. The van der Waals surface area contributed by atoms with Gasteiger partial charge < -0.3 is 20.8 Å². The zero-order chi connectivity index (χ0) is 14.5. The average Bonchev–Trinajstić information content (AvgIpc) is 2.27. The van der Waals surface area contributed by atoms with Crippen LogP contribution in [0.3, 0.4) is 0 Å². The second kappa shape index (κ2) is 6.71. The van der Waals surface area contributed by atoms with E-state index in [0.29, 0.717) is 12.8 Å². The number of urea groups is 1. The zero-order valence-corrected chi connectivity index (χ0v) is 11.1. The number of rotatable bonds is 5. The fourth-order valence-corrected chi connectivity index (χ4v) is 3.46. The minimum atomic E-state index is -3.08. The van der Waals surface area contributed by atoms with Crippen LogP contribution in [0.5, 0.6) is 0 Å². The first-order valence-corrected chi connectivity index (χ1v) is 7.78. The summed E-state index contributed by atoms with van der Waals surface area (Å²) in [6.45, 7) is -0.00122. The summed E-state index contributed by atoms with van der Waals surface area (Å²) in [4.78, 5) is 21.7. The van der Waals surface area contributed by atoms with Crippen molar-refractivity contribution >= 4 is 21.8 Å². The molecule has 1 saturated heterocycles. The molecular weight excluding hydrogens is 276 g/mol. The summed E-state index contributed by atoms with van der Waals surface area (Å²) in [7, 11) is -3.08. The van der Waals surface area contributed by atoms with Crippen molar-refractivity contribution in [2.45, 2.75) is 31.4 Å². The Labute approximate surface area is 111 Å². The number of carboxylic acid groups (broad SMARTS) is 1. The zero-order valence-electron chi connectivity index (χ0n) is 10.3. The Balaban J connectivity index is 2.26. The van der Waals surface area contributed by atoms with Gasteiger partial charge in [-0.2, -0.15) is 0 Å². The third-order valence-electron chi connectivity index (χ3n) is 2.79. The Morgan fingerprint density at radius 2 is 2.05 bits per heavy atom. The van der Waals surface area contributed by atoms with E-state index in [4.69, 9.17) is 10.2 Å². The summed E-state index contributed by atoms with van der Waals surface area (Å²) in [5, 5.41) is 22.3. The van der Waals surface area contributed by atoms with E-state index in [1.807, 2.05) is 0 Å². The van der Waals surface area contributed by atoms with Crippen LogP contribution >= 0.6 is 0 Å². The van der Waals surface area contributed by atoms with E-state index < -0.39 is 34.0 Å². The van der Waals surface area contributed by atoms with Crippen molar-refractivity contribution in [1.29, 1.82) is 0 Å². The van der Waals surface area contributed by atoms with Crippen LogP contribution in [0.25, 0.3) is 0 Å². The molecule has 2 atom stereocenters. The van der Waals surface area contributed by atoms with E-state index in [2.05, 4.69) is 10.6 Å². The molecule has 1 fully saturated rings. The normalized spacial score (nSPS) is 23.3. The first-order valence-electron chi connectivity index (χ1n) is 5.96. The van der Waals surface area contributed by atoms with Crippen molar-refractivity contribution < 1.29 is 28.2 Å². The first kappa shape index (κ1) is 15.7. The summed E-state index contributed by atoms with van der Waals surface area (Å²) >= 11 is 0. The molecule has 0 aromatic heterocycles. The van der Waals surface area contributed by atoms with Gasteiger partial charge in [-0.25, -0.2) is 18.0 Å². The third-order valence-corrected chi connectivity index (χ3v) is 4.61. The molecule has 1 aliphatic rings. The molecule has 1 rings (SSSR count). The monoisotopic (exact) mass is 294 g/mol. The van der Waals surface area contributed by atoms with Crippen LogP contribution < -0.4 is 10.6 Å². The van der Waals surface area contributed by atoms with E-state index in [1.165, 1.54) is 0 Å². The highest BCUT2D eigenvalue weighted by atomic mass is 32.2. The lowest BCUT2D eigenvalue weighted by Crippen LogP contribution is -2.47. The Hall–Kier alpha value is -1.35. The summed E-state index contributed by atoms with van der Waals surface area (Å²) in [6, 6.07) is -0.970. The van der Waals surface area contributed by atoms with Crippen molar-refractivity contribution in [3.8, 4) is 0 Å². The van der Waals surface area contributed by atoms with Crippen molar-refractivity contribution in [3.05, 3.63) is 0 Å². The highest BCUT2D eigenvalue weighted by molar-refractivity contribution is 7.91. The van der Waals surface area contributed by atoms with Crippen molar-refractivity contribution in [2.75, 3.05) is 18.1 Å². The average molecular weight is 294 g/mol. The van der Waals surface area contributed by atoms with Gasteiger partial charge in [-0.1, -0.05) is 0 Å². The van der Waals surface area contributed by atoms with E-state index in [9.17, 15) is 18.0 Å². The molecule has 0 aromatic carbocycles. The second-order valence-corrected chi connectivity index (χ2v) is 6.73. The van der Waals surface area contributed by atoms with E-state index in [0.717, 1.165) is 0 Å². The topological polar surface area (TPSA) is 133 Å². The van der Waals surface area contributed by atoms with Gasteiger partial charge >= 0.3 is 12.0 Å². The van der Waals surface area contributed by atoms with Crippen LogP contribution in [0.1, 0.15) is 19.3 Å². The molecule has 2 unspecified atom stereocenters. The molecule has 0 aliphatic carbocycles. The minimum absolute atomic E-state index is 0.00122. The second-order valence-electron chi connectivity index (χ2n) is 4.50. The lowest BCUT2D eigenvalue weighted by atomic mass is 10.2. The van der Waals surface area contributed by atoms with Crippen LogP contribution in [0, 0.1) is 0 Å². The molecule has 1 aliphatic heterocycles. The Bertz CT molecular complexity index is 435. The van der Waals surface area contributed by atoms with Crippen molar-refractivity contribution in [1.82, 2.24) is 10.6 Å². The lowest BCUT2D eigenvalue weighted by molar-refractivity contribution is -0.146. The van der Waals surface area contributed by atoms with Crippen LogP contribution in [0.4, 0.5) is 4.79 Å². The van der Waals surface area contributed by atoms with Crippen LogP contribution in [-0.2, 0) is 14.6 Å². The maximum absolute atomic E-state index is 11.4. The molecule has 110 valence electrons. The Morgan fingerprint density at radius 3 is 2.63 bits per heavy atom. The maximum Gasteiger partial charge on any atom is 0.332 e. The molecule has 0 spiro atoms. The van der Waals surface area contributed by atoms with Crippen LogP contribution in [0.15, 0.2) is 0 Å². The highest BCUT2D eigenvalue weighted by Gasteiger charge is 2.25. The molecule has 0 bridgehead atoms. The lowest BCUT2D eigenvalue weighted by Gasteiger charge is -2.23. The van der Waals surface area contributed by atoms with Gasteiger partial charge in [-0.05, 0) is 12.8 Å². The number of aliphatic hydroxyl groups excluding tert-OH is 1. The molecule has 2 amide bonds. The van der Waals surface area contributed by atoms with Gasteiger partial charge in [0.1, 0.15) is 0 Å². The summed E-state index contributed by atoms with van der Waals surface area (Å²) in [5.74, 6) is -1.27. The standard InChI is InChI=1S/C10H18N2O6S/c13-8(9(14)15)3-4-11-10(16)12-7-2-1-5-19(17,18)6-7/h7-8,13H,1-6H2,(H,14,15)(H2,11,12,16). The number of aliphatic hydroxyl groups is 1. The molecule has 9 heteroatoms. The Morgan fingerprint density at radius 1 is 1.37 bits per heavy atom. The SMILES string of the molecule is O=C(NCCC(O)C(=O)O)NC1CCCS(=O)(=O)C1. The number of carboxylic acids is 1. The van der Waals surface area contributed by atoms with Crippen molar-refractivity contribution in [3.63, 3.8) is 0 Å². The number of aliphatic carboxylic acids is 1. The predicted octanol–water partition coefficient (Wildman–Crippen LogP) is -1.30. The number of nitrogens with one attached hydrogen (secondary N) is 2. The van der Waals surface area contributed by atoms with Gasteiger partial charge in [0.2, 0.25) is 0 Å². The predicted molar refractivity (Wildman–Crippen MR) is 66.5 cm³/mol. The molecule has 0 aromatic rings. The maximum atomic E-state index is 11.4. The van der Waals surface area contributed by atoms with Gasteiger partial charge in [0.15, 0.2) is 15.9 Å². The number of sulfone groups is 1. The largest absolute Gasteiger partial charge is 0.479 e. The fourth-order valence-electron chi connectivity index (χ4n) is 1.82. The number of hydrogen-bond donors (Lipinski definition) is 4. The van der Waals surface area contributed by atoms with Gasteiger partial charge in [-0.15, -0.1) is 0 Å². The summed E-state index contributed by atoms with van der Waals surface area (Å²) < 4.78 is 22.7. The third kappa shape index (κ3) is 5.88. The van der Waals surface area contributed by atoms with Gasteiger partial charge in [0.25, 0.3) is 0 Å². The number of carbonyl (C=O) groups is 2. The molecule has 1 heterocycles. The van der Waals surface area contributed by atoms with Crippen LogP contribution in [-0.4, -0.2) is 60.8 Å². The van der Waals surface area contributed by atoms with Crippen LogP contribution in [0.2, 0.25) is 0 Å². The number of hydrogen-bond acceptors (Lipinski definition) is 5. The Kier molecular flexibility index (Phi) is 5.55. The van der Waals surface area contributed by atoms with Gasteiger partial charge in [0, 0.05) is 19.0 Å². The fraction of sp³-hybridized carbons (Fsp3) is 0.800. The molecule has 0 saturated carbocycles. The molecule has 4 N–H and O–H groups in total. The quantitative estimate of drug-likeness (QED) is 0.498. The van der Waals surface area contributed by atoms with Gasteiger partial charge in [0.05, 0.1) is 11.5 Å². The molecule has 19 heavy (non-hydrogen) atoms. The first-order chi connectivity index (χ1) is 8.80. The molecule has 0 radical (unpaired) electrons. The van der Waals surface area contributed by atoms with E-state index >= 15 is 0 Å².